The van der Waals surface area contributed by atoms with Crippen molar-refractivity contribution in [1.82, 2.24) is 9.97 Å². The lowest BCUT2D eigenvalue weighted by molar-refractivity contribution is -0.120. The molecule has 0 radical (unpaired) electrons. The molecule has 0 amide bonds. The maximum Gasteiger partial charge on any atom is 0.241 e. The van der Waals surface area contributed by atoms with Crippen LogP contribution in [0.1, 0.15) is 64.3 Å². The van der Waals surface area contributed by atoms with Crippen molar-refractivity contribution < 1.29 is 9.47 Å². The first kappa shape index (κ1) is 23.5. The van der Waals surface area contributed by atoms with Crippen LogP contribution >= 0.6 is 0 Å². The normalized spacial score (nSPS) is 14.9. The molecule has 5 heteroatoms. The lowest BCUT2D eigenvalue weighted by Crippen LogP contribution is -2.44. The quantitative estimate of drug-likeness (QED) is 0.468. The van der Waals surface area contributed by atoms with Gasteiger partial charge >= 0.3 is 0 Å². The van der Waals surface area contributed by atoms with Crippen LogP contribution in [-0.2, 0) is 17.6 Å². The van der Waals surface area contributed by atoms with Gasteiger partial charge in [-0.2, -0.15) is 4.98 Å². The summed E-state index contributed by atoms with van der Waals surface area (Å²) in [6, 6.07) is 6.52. The van der Waals surface area contributed by atoms with Crippen molar-refractivity contribution in [1.29, 1.82) is 0 Å². The first-order valence-corrected chi connectivity index (χ1v) is 11.9. The summed E-state index contributed by atoms with van der Waals surface area (Å²) in [6.45, 7) is 17.2. The molecule has 2 heterocycles. The smallest absolute Gasteiger partial charge is 0.241 e. The molecule has 1 fully saturated rings. The number of ether oxygens (including phenoxy) is 2. The van der Waals surface area contributed by atoms with Crippen LogP contribution in [0, 0.1) is 12.3 Å². The number of benzene rings is 1. The van der Waals surface area contributed by atoms with E-state index in [9.17, 15) is 0 Å². The molecule has 170 valence electrons. The average Bonchev–Trinajstić information content (AvgIpc) is 2.75. The molecule has 1 saturated heterocycles. The van der Waals surface area contributed by atoms with Gasteiger partial charge in [-0.15, -0.1) is 0 Å². The molecular formula is C26H39N3O2. The number of anilines is 1. The monoisotopic (exact) mass is 425 g/mol. The summed E-state index contributed by atoms with van der Waals surface area (Å²) in [5.74, 6) is 1.50. The lowest BCUT2D eigenvalue weighted by Gasteiger charge is -2.37. The topological polar surface area (TPSA) is 47.5 Å². The maximum atomic E-state index is 6.43. The summed E-state index contributed by atoms with van der Waals surface area (Å²) >= 11 is 0. The van der Waals surface area contributed by atoms with Gasteiger partial charge in [0.05, 0.1) is 25.5 Å². The molecule has 0 spiro atoms. The molecule has 31 heavy (non-hydrogen) atoms. The summed E-state index contributed by atoms with van der Waals surface area (Å²) in [7, 11) is 0. The van der Waals surface area contributed by atoms with Crippen LogP contribution in [0.2, 0.25) is 0 Å². The van der Waals surface area contributed by atoms with E-state index in [4.69, 9.17) is 19.4 Å². The highest BCUT2D eigenvalue weighted by Crippen LogP contribution is 2.36. The molecule has 1 aliphatic rings. The first-order chi connectivity index (χ1) is 15.0. The molecular weight excluding hydrogens is 386 g/mol. The summed E-state index contributed by atoms with van der Waals surface area (Å²) in [4.78, 5) is 12.5. The van der Waals surface area contributed by atoms with Crippen molar-refractivity contribution in [3.05, 3.63) is 35.0 Å². The summed E-state index contributed by atoms with van der Waals surface area (Å²) in [5, 5.41) is 0. The minimum absolute atomic E-state index is 0.0620. The zero-order valence-corrected chi connectivity index (χ0v) is 20.3. The van der Waals surface area contributed by atoms with E-state index in [1.165, 1.54) is 16.7 Å². The second-order valence-corrected chi connectivity index (χ2v) is 9.02. The fraction of sp³-hybridized carbons (Fsp3) is 0.615. The molecule has 1 aliphatic heterocycles. The Balaban J connectivity index is 2.11. The summed E-state index contributed by atoms with van der Waals surface area (Å²) < 4.78 is 11.9. The summed E-state index contributed by atoms with van der Waals surface area (Å²) in [6.07, 6.45) is 4.06. The van der Waals surface area contributed by atoms with Gasteiger partial charge in [-0.25, -0.2) is 4.98 Å². The van der Waals surface area contributed by atoms with E-state index in [1.54, 1.807) is 0 Å². The predicted octanol–water partition coefficient (Wildman–Crippen LogP) is 5.62. The third-order valence-electron chi connectivity index (χ3n) is 6.01. The highest BCUT2D eigenvalue weighted by molar-refractivity contribution is 5.69. The van der Waals surface area contributed by atoms with E-state index >= 15 is 0 Å². The second-order valence-electron chi connectivity index (χ2n) is 9.02. The molecule has 5 nitrogen and oxygen atoms in total. The molecule has 0 saturated carbocycles. The van der Waals surface area contributed by atoms with Gasteiger partial charge in [-0.05, 0) is 43.7 Å². The molecule has 0 bridgehead atoms. The molecule has 2 aromatic rings. The van der Waals surface area contributed by atoms with Crippen molar-refractivity contribution in [2.45, 2.75) is 67.2 Å². The van der Waals surface area contributed by atoms with Crippen molar-refractivity contribution in [3.8, 4) is 17.3 Å². The van der Waals surface area contributed by atoms with E-state index in [0.29, 0.717) is 12.5 Å². The zero-order chi connectivity index (χ0) is 22.4. The first-order valence-electron chi connectivity index (χ1n) is 11.9. The largest absolute Gasteiger partial charge is 0.475 e. The fourth-order valence-electron chi connectivity index (χ4n) is 4.30. The minimum atomic E-state index is 0.0620. The number of aromatic nitrogens is 2. The van der Waals surface area contributed by atoms with Crippen LogP contribution in [-0.4, -0.2) is 42.9 Å². The molecule has 1 aromatic heterocycles. The Morgan fingerprint density at radius 2 is 1.61 bits per heavy atom. The highest BCUT2D eigenvalue weighted by atomic mass is 16.5. The lowest BCUT2D eigenvalue weighted by atomic mass is 9.90. The average molecular weight is 426 g/mol. The van der Waals surface area contributed by atoms with Crippen LogP contribution in [0.25, 0.3) is 11.4 Å². The molecule has 0 atom stereocenters. The molecule has 1 aromatic carbocycles. The number of hydrogen-bond donors (Lipinski definition) is 0. The standard InChI is InChI=1S/C26H39N3O2/c1-7-14-29(15-8-2)23-19(5)27-24(22-20(9-3)12-11-13-21(22)10-4)28-25(23)31-18-26(6)16-30-17-26/h11-13H,7-10,14-18H2,1-6H3. The predicted molar refractivity (Wildman–Crippen MR) is 128 cm³/mol. The van der Waals surface area contributed by atoms with Gasteiger partial charge in [0.1, 0.15) is 5.69 Å². The van der Waals surface area contributed by atoms with Gasteiger partial charge < -0.3 is 14.4 Å². The minimum Gasteiger partial charge on any atom is -0.475 e. The Morgan fingerprint density at radius 3 is 2.10 bits per heavy atom. The Morgan fingerprint density at radius 1 is 1.00 bits per heavy atom. The molecule has 0 aliphatic carbocycles. The van der Waals surface area contributed by atoms with Crippen molar-refractivity contribution in [3.63, 3.8) is 0 Å². The third-order valence-corrected chi connectivity index (χ3v) is 6.01. The molecule has 0 unspecified atom stereocenters. The van der Waals surface area contributed by atoms with E-state index in [1.807, 2.05) is 0 Å². The Bertz CT molecular complexity index is 849. The van der Waals surface area contributed by atoms with Crippen LogP contribution in [0.4, 0.5) is 5.69 Å². The van der Waals surface area contributed by atoms with Gasteiger partial charge in [0.15, 0.2) is 5.82 Å². The number of nitrogens with zero attached hydrogens (tertiary/aromatic N) is 3. The Labute approximate surface area is 188 Å². The van der Waals surface area contributed by atoms with Gasteiger partial charge in [0, 0.05) is 24.1 Å². The Hall–Kier alpha value is -2.14. The molecule has 0 N–H and O–H groups in total. The van der Waals surface area contributed by atoms with Crippen molar-refractivity contribution >= 4 is 5.69 Å². The Kier molecular flexibility index (Phi) is 7.93. The van der Waals surface area contributed by atoms with Crippen molar-refractivity contribution in [2.75, 3.05) is 37.8 Å². The number of hydrogen-bond acceptors (Lipinski definition) is 5. The fourth-order valence-corrected chi connectivity index (χ4v) is 4.30. The number of aryl methyl sites for hydroxylation is 3. The van der Waals surface area contributed by atoms with Gasteiger partial charge in [0.25, 0.3) is 0 Å². The van der Waals surface area contributed by atoms with Gasteiger partial charge in [-0.1, -0.05) is 52.8 Å². The van der Waals surface area contributed by atoms with E-state index in [2.05, 4.69) is 64.6 Å². The zero-order valence-electron chi connectivity index (χ0n) is 20.3. The highest BCUT2D eigenvalue weighted by Gasteiger charge is 2.35. The van der Waals surface area contributed by atoms with E-state index in [0.717, 1.165) is 69.2 Å². The summed E-state index contributed by atoms with van der Waals surface area (Å²) in [5.41, 5.74) is 5.84. The number of rotatable bonds is 11. The maximum absolute atomic E-state index is 6.43. The van der Waals surface area contributed by atoms with Crippen LogP contribution in [0.3, 0.4) is 0 Å². The van der Waals surface area contributed by atoms with E-state index < -0.39 is 0 Å². The van der Waals surface area contributed by atoms with Crippen LogP contribution in [0.15, 0.2) is 18.2 Å². The third kappa shape index (κ3) is 5.20. The van der Waals surface area contributed by atoms with Crippen LogP contribution < -0.4 is 9.64 Å². The van der Waals surface area contributed by atoms with Crippen LogP contribution in [0.5, 0.6) is 5.88 Å². The second kappa shape index (κ2) is 10.4. The molecule has 3 rings (SSSR count). The SMILES string of the molecule is CCCN(CCC)c1c(C)nc(-c2c(CC)cccc2CC)nc1OCC1(C)COC1. The van der Waals surface area contributed by atoms with Gasteiger partial charge in [-0.3, -0.25) is 0 Å². The van der Waals surface area contributed by atoms with Gasteiger partial charge in [0.2, 0.25) is 5.88 Å². The van der Waals surface area contributed by atoms with E-state index in [-0.39, 0.29) is 5.41 Å². The van der Waals surface area contributed by atoms with Crippen molar-refractivity contribution in [2.24, 2.45) is 5.41 Å².